The summed E-state index contributed by atoms with van der Waals surface area (Å²) < 4.78 is 47.3. The number of benzene rings is 1. The maximum atomic E-state index is 12.3. The lowest BCUT2D eigenvalue weighted by Crippen LogP contribution is -2.37. The predicted octanol–water partition coefficient (Wildman–Crippen LogP) is 1.80. The van der Waals surface area contributed by atoms with Crippen LogP contribution in [0.4, 0.5) is 0 Å². The lowest BCUT2D eigenvalue weighted by atomic mass is 9.78. The minimum absolute atomic E-state index is 0.00207. The normalized spacial score (nSPS) is 17.8. The van der Waals surface area contributed by atoms with E-state index in [4.69, 9.17) is 0 Å². The fourth-order valence-electron chi connectivity index (χ4n) is 2.91. The number of piperidine rings is 1. The van der Waals surface area contributed by atoms with Gasteiger partial charge in [-0.3, -0.25) is 0 Å². The van der Waals surface area contributed by atoms with Gasteiger partial charge >= 0.3 is 0 Å². The van der Waals surface area contributed by atoms with Crippen LogP contribution in [0.2, 0.25) is 0 Å². The topological polar surface area (TPSA) is 104 Å². The Kier molecular flexibility index (Phi) is 6.61. The molecule has 0 spiro atoms. The maximum absolute atomic E-state index is 12.3. The average Bonchev–Trinajstić information content (AvgIpc) is 2.60. The highest BCUT2D eigenvalue weighted by Crippen LogP contribution is 2.32. The van der Waals surface area contributed by atoms with Crippen molar-refractivity contribution in [3.63, 3.8) is 0 Å². The van der Waals surface area contributed by atoms with E-state index in [0.717, 1.165) is 24.9 Å². The second-order valence-electron chi connectivity index (χ2n) is 6.75. The average molecular weight is 397 g/mol. The molecule has 6 nitrogen and oxygen atoms in total. The van der Waals surface area contributed by atoms with Gasteiger partial charge in [-0.05, 0) is 50.0 Å². The third kappa shape index (κ3) is 5.94. The molecule has 1 saturated heterocycles. The van der Waals surface area contributed by atoms with Crippen molar-refractivity contribution in [3.05, 3.63) is 35.9 Å². The minimum atomic E-state index is -3.28. The molecule has 1 aromatic rings. The summed E-state index contributed by atoms with van der Waals surface area (Å²) >= 11 is 0. The molecule has 1 heterocycles. The van der Waals surface area contributed by atoms with Gasteiger partial charge in [0.25, 0.3) is 0 Å². The summed E-state index contributed by atoms with van der Waals surface area (Å²) in [5.41, 5.74) is 0.197. The second kappa shape index (κ2) is 8.33. The summed E-state index contributed by atoms with van der Waals surface area (Å²) in [5.74, 6) is -0.0987. The maximum Gasteiger partial charge on any atom is 0.175 e. The molecule has 0 saturated carbocycles. The van der Waals surface area contributed by atoms with E-state index in [1.807, 2.05) is 0 Å². The van der Waals surface area contributed by atoms with Gasteiger partial charge in [-0.1, -0.05) is 24.3 Å². The number of hydrogen-bond acceptors (Lipinski definition) is 6. The smallest absolute Gasteiger partial charge is 0.175 e. The molecule has 0 aliphatic carbocycles. The number of nitriles is 1. The number of nitrogens with one attached hydrogen (secondary N) is 1. The standard InChI is InChI=1S/C18H24N2O4S2/c1-25(21,22)17-6-4-16(5-7-17)3-2-13-26(23,24)14-10-18(15-19)8-11-20-12-9-18/h2-7,20H,8-14H2,1H3. The van der Waals surface area contributed by atoms with E-state index >= 15 is 0 Å². The highest BCUT2D eigenvalue weighted by Gasteiger charge is 2.33. The molecular formula is C18H24N2O4S2. The Balaban J connectivity index is 1.93. The quantitative estimate of drug-likeness (QED) is 0.754. The van der Waals surface area contributed by atoms with Crippen LogP contribution < -0.4 is 5.32 Å². The van der Waals surface area contributed by atoms with Crippen LogP contribution in [0, 0.1) is 16.7 Å². The SMILES string of the molecule is CS(=O)(=O)c1ccc(C=CCS(=O)(=O)CCC2(C#N)CCNCC2)cc1. The van der Waals surface area contributed by atoms with E-state index < -0.39 is 25.1 Å². The van der Waals surface area contributed by atoms with E-state index in [1.54, 1.807) is 24.3 Å². The first-order valence-electron chi connectivity index (χ1n) is 8.45. The summed E-state index contributed by atoms with van der Waals surface area (Å²) in [5, 5.41) is 12.6. The first kappa shape index (κ1) is 20.6. The molecule has 8 heteroatoms. The van der Waals surface area contributed by atoms with Crippen LogP contribution in [0.3, 0.4) is 0 Å². The van der Waals surface area contributed by atoms with E-state index in [9.17, 15) is 22.1 Å². The molecule has 0 unspecified atom stereocenters. The van der Waals surface area contributed by atoms with E-state index in [0.29, 0.717) is 19.3 Å². The summed E-state index contributed by atoms with van der Waals surface area (Å²) in [6, 6.07) is 8.59. The Morgan fingerprint density at radius 3 is 2.31 bits per heavy atom. The lowest BCUT2D eigenvalue weighted by Gasteiger charge is -2.30. The van der Waals surface area contributed by atoms with Gasteiger partial charge in [0.2, 0.25) is 0 Å². The van der Waals surface area contributed by atoms with Gasteiger partial charge in [-0.2, -0.15) is 5.26 Å². The molecule has 26 heavy (non-hydrogen) atoms. The summed E-state index contributed by atoms with van der Waals surface area (Å²) in [6.45, 7) is 1.49. The van der Waals surface area contributed by atoms with Crippen molar-refractivity contribution in [1.29, 1.82) is 5.26 Å². The predicted molar refractivity (Wildman–Crippen MR) is 102 cm³/mol. The third-order valence-corrected chi connectivity index (χ3v) is 7.31. The number of hydrogen-bond donors (Lipinski definition) is 1. The number of nitrogens with zero attached hydrogens (tertiary/aromatic N) is 1. The van der Waals surface area contributed by atoms with Crippen LogP contribution >= 0.6 is 0 Å². The second-order valence-corrected chi connectivity index (χ2v) is 11.0. The Labute approximate surface area is 155 Å². The molecule has 0 aromatic heterocycles. The zero-order valence-electron chi connectivity index (χ0n) is 14.8. The minimum Gasteiger partial charge on any atom is -0.317 e. The zero-order valence-corrected chi connectivity index (χ0v) is 16.4. The van der Waals surface area contributed by atoms with Crippen molar-refractivity contribution < 1.29 is 16.8 Å². The third-order valence-electron chi connectivity index (χ3n) is 4.66. The molecule has 0 radical (unpaired) electrons. The number of sulfone groups is 2. The monoisotopic (exact) mass is 396 g/mol. The molecular weight excluding hydrogens is 372 g/mol. The first-order valence-corrected chi connectivity index (χ1v) is 12.2. The Morgan fingerprint density at radius 1 is 1.15 bits per heavy atom. The van der Waals surface area contributed by atoms with Gasteiger partial charge in [0.05, 0.1) is 27.9 Å². The molecule has 2 rings (SSSR count). The van der Waals surface area contributed by atoms with Gasteiger partial charge in [-0.15, -0.1) is 0 Å². The zero-order chi connectivity index (χ0) is 19.3. The highest BCUT2D eigenvalue weighted by atomic mass is 32.2. The van der Waals surface area contributed by atoms with Crippen LogP contribution in [-0.2, 0) is 19.7 Å². The van der Waals surface area contributed by atoms with Crippen molar-refractivity contribution in [1.82, 2.24) is 5.32 Å². The fourth-order valence-corrected chi connectivity index (χ4v) is 4.80. The van der Waals surface area contributed by atoms with Gasteiger partial charge < -0.3 is 5.32 Å². The molecule has 142 valence electrons. The van der Waals surface area contributed by atoms with Gasteiger partial charge in [0.15, 0.2) is 19.7 Å². The van der Waals surface area contributed by atoms with Crippen molar-refractivity contribution in [2.75, 3.05) is 30.9 Å². The van der Waals surface area contributed by atoms with Crippen LogP contribution in [-0.4, -0.2) is 47.7 Å². The summed E-state index contributed by atoms with van der Waals surface area (Å²) in [7, 11) is -6.53. The summed E-state index contributed by atoms with van der Waals surface area (Å²) in [6.07, 6.45) is 6.09. The molecule has 1 aromatic carbocycles. The lowest BCUT2D eigenvalue weighted by molar-refractivity contribution is 0.274. The molecule has 1 aliphatic rings. The van der Waals surface area contributed by atoms with Crippen molar-refractivity contribution in [3.8, 4) is 6.07 Å². The van der Waals surface area contributed by atoms with Gasteiger partial charge in [-0.25, -0.2) is 16.8 Å². The van der Waals surface area contributed by atoms with Crippen LogP contribution in [0.25, 0.3) is 6.08 Å². The van der Waals surface area contributed by atoms with Gasteiger partial charge in [0, 0.05) is 6.26 Å². The van der Waals surface area contributed by atoms with Crippen molar-refractivity contribution >= 4 is 25.8 Å². The van der Waals surface area contributed by atoms with Crippen molar-refractivity contribution in [2.24, 2.45) is 5.41 Å². The van der Waals surface area contributed by atoms with Crippen LogP contribution in [0.5, 0.6) is 0 Å². The van der Waals surface area contributed by atoms with Crippen molar-refractivity contribution in [2.45, 2.75) is 24.2 Å². The van der Waals surface area contributed by atoms with E-state index in [2.05, 4.69) is 11.4 Å². The molecule has 0 amide bonds. The molecule has 0 bridgehead atoms. The first-order chi connectivity index (χ1) is 12.2. The Bertz CT molecular complexity index is 890. The number of rotatable bonds is 7. The van der Waals surface area contributed by atoms with Crippen LogP contribution in [0.15, 0.2) is 35.2 Å². The molecule has 1 fully saturated rings. The fraction of sp³-hybridized carbons (Fsp3) is 0.500. The van der Waals surface area contributed by atoms with Gasteiger partial charge in [0.1, 0.15) is 0 Å². The Morgan fingerprint density at radius 2 is 1.77 bits per heavy atom. The van der Waals surface area contributed by atoms with Crippen LogP contribution in [0.1, 0.15) is 24.8 Å². The summed E-state index contributed by atoms with van der Waals surface area (Å²) in [4.78, 5) is 0.228. The molecule has 1 aliphatic heterocycles. The highest BCUT2D eigenvalue weighted by molar-refractivity contribution is 7.91. The van der Waals surface area contributed by atoms with E-state index in [-0.39, 0.29) is 16.4 Å². The molecule has 1 N–H and O–H groups in total. The molecule has 0 atom stereocenters. The van der Waals surface area contributed by atoms with E-state index in [1.165, 1.54) is 12.1 Å². The largest absolute Gasteiger partial charge is 0.317 e. The Hall–Kier alpha value is -1.69.